The van der Waals surface area contributed by atoms with Crippen molar-refractivity contribution in [1.82, 2.24) is 15.5 Å². The first-order valence-electron chi connectivity index (χ1n) is 8.62. The van der Waals surface area contributed by atoms with Crippen molar-refractivity contribution >= 4 is 22.0 Å². The second-order valence-corrected chi connectivity index (χ2v) is 7.41. The summed E-state index contributed by atoms with van der Waals surface area (Å²) in [5, 5.41) is 5.82. The van der Waals surface area contributed by atoms with E-state index in [0.29, 0.717) is 6.54 Å². The van der Waals surface area contributed by atoms with Gasteiger partial charge >= 0.3 is 6.03 Å². The van der Waals surface area contributed by atoms with Crippen molar-refractivity contribution in [3.63, 3.8) is 0 Å². The van der Waals surface area contributed by atoms with Gasteiger partial charge in [0.25, 0.3) is 0 Å². The van der Waals surface area contributed by atoms with E-state index in [-0.39, 0.29) is 6.03 Å². The standard InChI is InChI=1S/C18H28BrN3O/c1-15-6-5-11-22(14-15)10-3-2-9-20-18(23)21-13-16-7-4-8-17(19)12-16/h4,7-8,12,15H,2-3,5-6,9-11,13-14H2,1H3,(H2,20,21,23)/t15-/m1/s1. The lowest BCUT2D eigenvalue weighted by Crippen LogP contribution is -2.37. The van der Waals surface area contributed by atoms with E-state index < -0.39 is 0 Å². The molecule has 2 rings (SSSR count). The van der Waals surface area contributed by atoms with Crippen molar-refractivity contribution in [2.24, 2.45) is 5.92 Å². The summed E-state index contributed by atoms with van der Waals surface area (Å²) in [7, 11) is 0. The second-order valence-electron chi connectivity index (χ2n) is 6.49. The Morgan fingerprint density at radius 2 is 2.22 bits per heavy atom. The average Bonchev–Trinajstić information content (AvgIpc) is 2.53. The number of carbonyl (C=O) groups excluding carboxylic acids is 1. The maximum Gasteiger partial charge on any atom is 0.315 e. The number of hydrogen-bond acceptors (Lipinski definition) is 2. The van der Waals surface area contributed by atoms with Crippen LogP contribution in [0, 0.1) is 5.92 Å². The maximum absolute atomic E-state index is 11.8. The number of urea groups is 1. The van der Waals surface area contributed by atoms with Crippen LogP contribution in [0.3, 0.4) is 0 Å². The first-order valence-corrected chi connectivity index (χ1v) is 9.41. The number of piperidine rings is 1. The van der Waals surface area contributed by atoms with E-state index in [4.69, 9.17) is 0 Å². The quantitative estimate of drug-likeness (QED) is 0.706. The van der Waals surface area contributed by atoms with Gasteiger partial charge in [-0.1, -0.05) is 35.0 Å². The molecule has 5 heteroatoms. The van der Waals surface area contributed by atoms with Gasteiger partial charge in [-0.15, -0.1) is 0 Å². The molecular weight excluding hydrogens is 354 g/mol. The smallest absolute Gasteiger partial charge is 0.315 e. The number of hydrogen-bond donors (Lipinski definition) is 2. The van der Waals surface area contributed by atoms with E-state index in [9.17, 15) is 4.79 Å². The minimum absolute atomic E-state index is 0.0865. The Hall–Kier alpha value is -1.07. The van der Waals surface area contributed by atoms with Crippen molar-refractivity contribution in [1.29, 1.82) is 0 Å². The number of unbranched alkanes of at least 4 members (excludes halogenated alkanes) is 1. The van der Waals surface area contributed by atoms with Gasteiger partial charge in [0.2, 0.25) is 0 Å². The highest BCUT2D eigenvalue weighted by Crippen LogP contribution is 2.15. The molecule has 1 aliphatic heterocycles. The normalized spacial score (nSPS) is 18.6. The molecule has 0 unspecified atom stereocenters. The summed E-state index contributed by atoms with van der Waals surface area (Å²) >= 11 is 3.43. The van der Waals surface area contributed by atoms with Crippen LogP contribution in [0.15, 0.2) is 28.7 Å². The Labute approximate surface area is 148 Å². The highest BCUT2D eigenvalue weighted by molar-refractivity contribution is 9.10. The van der Waals surface area contributed by atoms with Crippen LogP contribution >= 0.6 is 15.9 Å². The van der Waals surface area contributed by atoms with Gasteiger partial charge in [-0.05, 0) is 62.4 Å². The van der Waals surface area contributed by atoms with Gasteiger partial charge in [-0.3, -0.25) is 0 Å². The number of likely N-dealkylation sites (tertiary alicyclic amines) is 1. The highest BCUT2D eigenvalue weighted by Gasteiger charge is 2.15. The predicted octanol–water partition coefficient (Wildman–Crippen LogP) is 3.76. The molecule has 1 aromatic carbocycles. The van der Waals surface area contributed by atoms with Gasteiger partial charge in [0, 0.05) is 24.1 Å². The molecule has 1 heterocycles. The van der Waals surface area contributed by atoms with E-state index in [0.717, 1.165) is 41.9 Å². The highest BCUT2D eigenvalue weighted by atomic mass is 79.9. The fourth-order valence-electron chi connectivity index (χ4n) is 3.04. The molecule has 128 valence electrons. The van der Waals surface area contributed by atoms with E-state index in [1.54, 1.807) is 0 Å². The van der Waals surface area contributed by atoms with Crippen molar-refractivity contribution < 1.29 is 4.79 Å². The van der Waals surface area contributed by atoms with E-state index >= 15 is 0 Å². The predicted molar refractivity (Wildman–Crippen MR) is 98.5 cm³/mol. The van der Waals surface area contributed by atoms with E-state index in [1.165, 1.54) is 25.9 Å². The average molecular weight is 382 g/mol. The zero-order valence-corrected chi connectivity index (χ0v) is 15.6. The molecule has 2 amide bonds. The Morgan fingerprint density at radius 1 is 1.35 bits per heavy atom. The molecule has 1 saturated heterocycles. The first kappa shape index (κ1) is 18.3. The molecule has 0 aliphatic carbocycles. The molecule has 0 saturated carbocycles. The van der Waals surface area contributed by atoms with Gasteiger partial charge in [0.15, 0.2) is 0 Å². The fourth-order valence-corrected chi connectivity index (χ4v) is 3.49. The van der Waals surface area contributed by atoms with Gasteiger partial charge in [0.1, 0.15) is 0 Å². The monoisotopic (exact) mass is 381 g/mol. The number of nitrogens with one attached hydrogen (secondary N) is 2. The first-order chi connectivity index (χ1) is 11.1. The lowest BCUT2D eigenvalue weighted by atomic mass is 10.0. The SMILES string of the molecule is C[C@@H]1CCCN(CCCCNC(=O)NCc2cccc(Br)c2)C1. The molecule has 4 nitrogen and oxygen atoms in total. The van der Waals surface area contributed by atoms with Crippen LogP contribution in [0.1, 0.15) is 38.2 Å². The Kier molecular flexibility index (Phi) is 7.89. The summed E-state index contributed by atoms with van der Waals surface area (Å²) in [6.45, 7) is 7.27. The summed E-state index contributed by atoms with van der Waals surface area (Å²) < 4.78 is 1.03. The zero-order valence-electron chi connectivity index (χ0n) is 14.0. The Morgan fingerprint density at radius 3 is 3.00 bits per heavy atom. The van der Waals surface area contributed by atoms with Crippen molar-refractivity contribution in [3.8, 4) is 0 Å². The molecular formula is C18H28BrN3O. The van der Waals surface area contributed by atoms with Gasteiger partial charge in [0.05, 0.1) is 0 Å². The van der Waals surface area contributed by atoms with Crippen LogP contribution in [-0.2, 0) is 6.54 Å². The van der Waals surface area contributed by atoms with Crippen molar-refractivity contribution in [2.45, 2.75) is 39.2 Å². The minimum atomic E-state index is -0.0865. The van der Waals surface area contributed by atoms with Gasteiger partial charge < -0.3 is 15.5 Å². The molecule has 0 bridgehead atoms. The van der Waals surface area contributed by atoms with Crippen LogP contribution in [0.5, 0.6) is 0 Å². The zero-order chi connectivity index (χ0) is 16.5. The molecule has 23 heavy (non-hydrogen) atoms. The van der Waals surface area contributed by atoms with Crippen LogP contribution in [0.2, 0.25) is 0 Å². The molecule has 1 aliphatic rings. The number of benzene rings is 1. The number of nitrogens with zero attached hydrogens (tertiary/aromatic N) is 1. The second kappa shape index (κ2) is 9.93. The third-order valence-corrected chi connectivity index (χ3v) is 4.76. The number of halogens is 1. The minimum Gasteiger partial charge on any atom is -0.338 e. The van der Waals surface area contributed by atoms with Crippen LogP contribution in [0.25, 0.3) is 0 Å². The Balaban J connectivity index is 1.51. The maximum atomic E-state index is 11.8. The third-order valence-electron chi connectivity index (χ3n) is 4.27. The molecule has 0 radical (unpaired) electrons. The summed E-state index contributed by atoms with van der Waals surface area (Å²) in [6.07, 6.45) is 4.89. The van der Waals surface area contributed by atoms with Crippen LogP contribution < -0.4 is 10.6 Å². The Bertz CT molecular complexity index is 495. The summed E-state index contributed by atoms with van der Waals surface area (Å²) in [5.74, 6) is 0.839. The molecule has 0 aromatic heterocycles. The lowest BCUT2D eigenvalue weighted by Gasteiger charge is -2.30. The summed E-state index contributed by atoms with van der Waals surface area (Å²) in [5.41, 5.74) is 1.09. The van der Waals surface area contributed by atoms with Crippen LogP contribution in [-0.4, -0.2) is 37.1 Å². The lowest BCUT2D eigenvalue weighted by molar-refractivity contribution is 0.181. The van der Waals surface area contributed by atoms with Crippen LogP contribution in [0.4, 0.5) is 4.79 Å². The largest absolute Gasteiger partial charge is 0.338 e. The number of amides is 2. The number of rotatable bonds is 7. The molecule has 2 N–H and O–H groups in total. The molecule has 0 spiro atoms. The third kappa shape index (κ3) is 7.36. The molecule has 1 atom stereocenters. The van der Waals surface area contributed by atoms with Gasteiger partial charge in [-0.25, -0.2) is 4.79 Å². The van der Waals surface area contributed by atoms with Gasteiger partial charge in [-0.2, -0.15) is 0 Å². The van der Waals surface area contributed by atoms with E-state index in [1.807, 2.05) is 24.3 Å². The topological polar surface area (TPSA) is 44.4 Å². The van der Waals surface area contributed by atoms with Crippen molar-refractivity contribution in [2.75, 3.05) is 26.2 Å². The van der Waals surface area contributed by atoms with E-state index in [2.05, 4.69) is 38.4 Å². The molecule has 1 aromatic rings. The van der Waals surface area contributed by atoms with Crippen molar-refractivity contribution in [3.05, 3.63) is 34.3 Å². The summed E-state index contributed by atoms with van der Waals surface area (Å²) in [4.78, 5) is 14.3. The number of carbonyl (C=O) groups is 1. The molecule has 1 fully saturated rings. The summed E-state index contributed by atoms with van der Waals surface area (Å²) in [6, 6.07) is 7.88. The fraction of sp³-hybridized carbons (Fsp3) is 0.611.